The topological polar surface area (TPSA) is 117 Å². The number of hydrogen-bond donors (Lipinski definition) is 2. The van der Waals surface area contributed by atoms with Crippen LogP contribution in [0.2, 0.25) is 5.02 Å². The van der Waals surface area contributed by atoms with Crippen molar-refractivity contribution in [3.05, 3.63) is 88.9 Å². The van der Waals surface area contributed by atoms with Crippen LogP contribution in [0.1, 0.15) is 22.8 Å². The van der Waals surface area contributed by atoms with Crippen molar-refractivity contribution in [1.82, 2.24) is 5.43 Å². The van der Waals surface area contributed by atoms with Gasteiger partial charge in [-0.3, -0.25) is 13.9 Å². The fraction of sp³-hybridized carbons (Fsp3) is 0.160. The van der Waals surface area contributed by atoms with Crippen LogP contribution < -0.4 is 19.8 Å². The maximum absolute atomic E-state index is 12.6. The minimum atomic E-state index is -3.84. The monoisotopic (exact) mass is 528 g/mol. The Labute approximate surface area is 214 Å². The lowest BCUT2D eigenvalue weighted by Crippen LogP contribution is -2.39. The van der Waals surface area contributed by atoms with Crippen LogP contribution in [0.4, 0.5) is 11.4 Å². The summed E-state index contributed by atoms with van der Waals surface area (Å²) < 4.78 is 30.9. The van der Waals surface area contributed by atoms with Gasteiger partial charge in [0, 0.05) is 16.3 Å². The highest BCUT2D eigenvalue weighted by atomic mass is 35.5. The minimum absolute atomic E-state index is 0.136. The lowest BCUT2D eigenvalue weighted by atomic mass is 10.1. The molecule has 2 N–H and O–H groups in total. The molecular weight excluding hydrogens is 504 g/mol. The van der Waals surface area contributed by atoms with E-state index in [1.165, 1.54) is 19.2 Å². The molecular formula is C25H25ClN4O5S. The number of nitrogens with one attached hydrogen (secondary N) is 2. The SMILES string of the molecule is COc1ccc(Cl)cc1N(CC(=O)N/N=C(/C)c1ccc(NC(=O)c2ccccc2)cc1)S(C)(=O)=O. The summed E-state index contributed by atoms with van der Waals surface area (Å²) in [5.41, 5.74) is 4.83. The lowest BCUT2D eigenvalue weighted by Gasteiger charge is -2.23. The number of sulfonamides is 1. The number of benzene rings is 3. The summed E-state index contributed by atoms with van der Waals surface area (Å²) in [6, 6.07) is 20.2. The first-order valence-corrected chi connectivity index (χ1v) is 12.9. The summed E-state index contributed by atoms with van der Waals surface area (Å²) in [7, 11) is -2.45. The van der Waals surface area contributed by atoms with Crippen LogP contribution in [-0.4, -0.2) is 45.9 Å². The van der Waals surface area contributed by atoms with E-state index in [1.807, 2.05) is 6.07 Å². The highest BCUT2D eigenvalue weighted by Gasteiger charge is 2.24. The van der Waals surface area contributed by atoms with Gasteiger partial charge in [-0.15, -0.1) is 0 Å². The van der Waals surface area contributed by atoms with E-state index in [-0.39, 0.29) is 22.4 Å². The van der Waals surface area contributed by atoms with E-state index in [2.05, 4.69) is 15.8 Å². The summed E-state index contributed by atoms with van der Waals surface area (Å²) in [6.07, 6.45) is 0.979. The summed E-state index contributed by atoms with van der Waals surface area (Å²) in [5, 5.41) is 7.17. The van der Waals surface area contributed by atoms with E-state index in [0.717, 1.165) is 10.6 Å². The van der Waals surface area contributed by atoms with Crippen LogP contribution in [0.3, 0.4) is 0 Å². The smallest absolute Gasteiger partial charge is 0.260 e. The van der Waals surface area contributed by atoms with E-state index in [4.69, 9.17) is 16.3 Å². The zero-order valence-corrected chi connectivity index (χ0v) is 21.4. The number of ether oxygens (including phenoxy) is 1. The molecule has 0 aliphatic rings. The van der Waals surface area contributed by atoms with E-state index in [9.17, 15) is 18.0 Å². The van der Waals surface area contributed by atoms with Gasteiger partial charge in [-0.1, -0.05) is 41.9 Å². The number of hydrogen-bond acceptors (Lipinski definition) is 6. The number of nitrogens with zero attached hydrogens (tertiary/aromatic N) is 2. The van der Waals surface area contributed by atoms with Gasteiger partial charge in [0.25, 0.3) is 11.8 Å². The third kappa shape index (κ3) is 7.06. The molecule has 0 radical (unpaired) electrons. The third-order valence-corrected chi connectivity index (χ3v) is 6.40. The van der Waals surface area contributed by atoms with Crippen molar-refractivity contribution in [3.63, 3.8) is 0 Å². The fourth-order valence-electron chi connectivity index (χ4n) is 3.20. The number of anilines is 2. The second-order valence-corrected chi connectivity index (χ2v) is 10.1. The molecule has 0 fully saturated rings. The summed E-state index contributed by atoms with van der Waals surface area (Å²) in [5.74, 6) is -0.641. The fourth-order valence-corrected chi connectivity index (χ4v) is 4.22. The molecule has 0 heterocycles. The largest absolute Gasteiger partial charge is 0.495 e. The molecule has 9 nitrogen and oxygen atoms in total. The van der Waals surface area contributed by atoms with Gasteiger partial charge >= 0.3 is 0 Å². The number of hydrazone groups is 1. The molecule has 36 heavy (non-hydrogen) atoms. The van der Waals surface area contributed by atoms with Gasteiger partial charge in [-0.2, -0.15) is 5.10 Å². The van der Waals surface area contributed by atoms with Gasteiger partial charge in [-0.05, 0) is 55.0 Å². The number of methoxy groups -OCH3 is 1. The third-order valence-electron chi connectivity index (χ3n) is 5.04. The van der Waals surface area contributed by atoms with Crippen LogP contribution in [-0.2, 0) is 14.8 Å². The molecule has 3 aromatic rings. The van der Waals surface area contributed by atoms with Crippen molar-refractivity contribution in [2.75, 3.05) is 29.5 Å². The second-order valence-electron chi connectivity index (χ2n) is 7.72. The Morgan fingerprint density at radius 1 is 1.00 bits per heavy atom. The number of amides is 2. The second kappa shape index (κ2) is 11.7. The van der Waals surface area contributed by atoms with Gasteiger partial charge in [0.2, 0.25) is 10.0 Å². The van der Waals surface area contributed by atoms with Crippen molar-refractivity contribution in [2.45, 2.75) is 6.92 Å². The zero-order valence-electron chi connectivity index (χ0n) is 19.9. The molecule has 188 valence electrons. The number of carbonyl (C=O) groups excluding carboxylic acids is 2. The van der Waals surface area contributed by atoms with Gasteiger partial charge in [0.15, 0.2) is 0 Å². The van der Waals surface area contributed by atoms with E-state index >= 15 is 0 Å². The maximum atomic E-state index is 12.6. The van der Waals surface area contributed by atoms with E-state index in [0.29, 0.717) is 22.5 Å². The summed E-state index contributed by atoms with van der Waals surface area (Å²) in [4.78, 5) is 24.8. The van der Waals surface area contributed by atoms with Crippen molar-refractivity contribution < 1.29 is 22.7 Å². The molecule has 11 heteroatoms. The zero-order chi connectivity index (χ0) is 26.3. The van der Waals surface area contributed by atoms with E-state index < -0.39 is 22.5 Å². The lowest BCUT2D eigenvalue weighted by molar-refractivity contribution is -0.119. The Kier molecular flexibility index (Phi) is 8.68. The van der Waals surface area contributed by atoms with Crippen LogP contribution in [0.15, 0.2) is 77.9 Å². The molecule has 3 rings (SSSR count). The molecule has 0 spiro atoms. The maximum Gasteiger partial charge on any atom is 0.260 e. The van der Waals surface area contributed by atoms with Crippen LogP contribution in [0, 0.1) is 0 Å². The van der Waals surface area contributed by atoms with Crippen LogP contribution >= 0.6 is 11.6 Å². The highest BCUT2D eigenvalue weighted by molar-refractivity contribution is 7.92. The predicted molar refractivity (Wildman–Crippen MR) is 141 cm³/mol. The van der Waals surface area contributed by atoms with Gasteiger partial charge in [0.1, 0.15) is 12.3 Å². The Balaban J connectivity index is 1.67. The van der Waals surface area contributed by atoms with Gasteiger partial charge in [-0.25, -0.2) is 13.8 Å². The molecule has 0 aromatic heterocycles. The molecule has 0 saturated heterocycles. The minimum Gasteiger partial charge on any atom is -0.495 e. The van der Waals surface area contributed by atoms with Crippen LogP contribution in [0.25, 0.3) is 0 Å². The average molecular weight is 529 g/mol. The summed E-state index contributed by atoms with van der Waals surface area (Å²) >= 11 is 6.02. The quantitative estimate of drug-likeness (QED) is 0.322. The summed E-state index contributed by atoms with van der Waals surface area (Å²) in [6.45, 7) is 1.16. The van der Waals surface area contributed by atoms with Crippen molar-refractivity contribution >= 4 is 50.5 Å². The molecule has 2 amide bonds. The van der Waals surface area contributed by atoms with Crippen molar-refractivity contribution in [3.8, 4) is 5.75 Å². The first-order valence-electron chi connectivity index (χ1n) is 10.7. The van der Waals surface area contributed by atoms with E-state index in [1.54, 1.807) is 61.5 Å². The predicted octanol–water partition coefficient (Wildman–Crippen LogP) is 3.91. The molecule has 0 saturated carbocycles. The number of carbonyl (C=O) groups is 2. The molecule has 0 atom stereocenters. The molecule has 0 unspecified atom stereocenters. The molecule has 0 bridgehead atoms. The normalized spacial score (nSPS) is 11.5. The number of rotatable bonds is 9. The van der Waals surface area contributed by atoms with Crippen molar-refractivity contribution in [1.29, 1.82) is 0 Å². The standard InChI is InChI=1S/C25H25ClN4O5S/c1-17(18-9-12-21(13-10-18)27-25(32)19-7-5-4-6-8-19)28-29-24(31)16-30(36(3,33)34)22-15-20(26)11-14-23(22)35-2/h4-15H,16H2,1-3H3,(H,27,32)(H,29,31)/b28-17-. The Bertz CT molecular complexity index is 1380. The highest BCUT2D eigenvalue weighted by Crippen LogP contribution is 2.32. The van der Waals surface area contributed by atoms with Gasteiger partial charge < -0.3 is 10.1 Å². The molecule has 0 aliphatic heterocycles. The Morgan fingerprint density at radius 2 is 1.67 bits per heavy atom. The first kappa shape index (κ1) is 26.7. The van der Waals surface area contributed by atoms with Crippen LogP contribution in [0.5, 0.6) is 5.75 Å². The molecule has 0 aliphatic carbocycles. The number of halogens is 1. The van der Waals surface area contributed by atoms with Gasteiger partial charge in [0.05, 0.1) is 24.8 Å². The Hall–Kier alpha value is -3.89. The Morgan fingerprint density at radius 3 is 2.28 bits per heavy atom. The average Bonchev–Trinajstić information content (AvgIpc) is 2.86. The van der Waals surface area contributed by atoms with Crippen molar-refractivity contribution in [2.24, 2.45) is 5.10 Å². The first-order chi connectivity index (χ1) is 17.1. The molecule has 3 aromatic carbocycles.